The van der Waals surface area contributed by atoms with Gasteiger partial charge in [-0.1, -0.05) is 28.1 Å². The fraction of sp³-hybridized carbons (Fsp3) is 0.588. The molecule has 1 aromatic carbocycles. The van der Waals surface area contributed by atoms with Gasteiger partial charge >= 0.3 is 6.09 Å². The Morgan fingerprint density at radius 1 is 1.24 bits per heavy atom. The van der Waals surface area contributed by atoms with Crippen molar-refractivity contribution in [2.45, 2.75) is 51.0 Å². The lowest BCUT2D eigenvalue weighted by Crippen LogP contribution is -2.50. The van der Waals surface area contributed by atoms with Gasteiger partial charge in [-0.25, -0.2) is 4.79 Å². The summed E-state index contributed by atoms with van der Waals surface area (Å²) in [7, 11) is 0. The van der Waals surface area contributed by atoms with E-state index in [1.807, 2.05) is 20.8 Å². The van der Waals surface area contributed by atoms with Crippen LogP contribution in [0.5, 0.6) is 0 Å². The fourth-order valence-corrected chi connectivity index (χ4v) is 3.26. The molecule has 0 aromatic heterocycles. The maximum Gasteiger partial charge on any atom is 0.410 e. The van der Waals surface area contributed by atoms with Gasteiger partial charge in [0.15, 0.2) is 0 Å². The molecule has 1 amide bonds. The number of likely N-dealkylation sites (tertiary alicyclic amines) is 1. The van der Waals surface area contributed by atoms with Crippen molar-refractivity contribution in [1.82, 2.24) is 4.90 Å². The molecule has 3 rings (SSSR count). The first-order chi connectivity index (χ1) is 9.83. The molecule has 1 saturated carbocycles. The Hall–Kier alpha value is -1.03. The number of ether oxygens (including phenoxy) is 1. The molecular formula is C17H22BrNO2. The molecule has 1 aromatic rings. The van der Waals surface area contributed by atoms with Crippen LogP contribution in [0.2, 0.25) is 0 Å². The second-order valence-electron chi connectivity index (χ2n) is 7.14. The predicted molar refractivity (Wildman–Crippen MR) is 86.7 cm³/mol. The lowest BCUT2D eigenvalue weighted by molar-refractivity contribution is 0.00819. The molecule has 1 aliphatic carbocycles. The maximum absolute atomic E-state index is 12.0. The first kappa shape index (κ1) is 14.9. The number of carbonyl (C=O) groups is 1. The summed E-state index contributed by atoms with van der Waals surface area (Å²) >= 11 is 3.64. The number of halogens is 1. The predicted octanol–water partition coefficient (Wildman–Crippen LogP) is 4.66. The van der Waals surface area contributed by atoms with Gasteiger partial charge in [0, 0.05) is 23.5 Å². The van der Waals surface area contributed by atoms with Gasteiger partial charge in [0.1, 0.15) is 5.60 Å². The van der Waals surface area contributed by atoms with E-state index >= 15 is 0 Å². The van der Waals surface area contributed by atoms with Crippen molar-refractivity contribution in [3.8, 4) is 0 Å². The summed E-state index contributed by atoms with van der Waals surface area (Å²) in [6.45, 7) is 7.23. The Kier molecular flexibility index (Phi) is 3.76. The summed E-state index contributed by atoms with van der Waals surface area (Å²) < 4.78 is 6.62. The lowest BCUT2D eigenvalue weighted by Gasteiger charge is -2.40. The number of hydrogen-bond acceptors (Lipinski definition) is 2. The van der Waals surface area contributed by atoms with E-state index in [2.05, 4.69) is 34.1 Å². The van der Waals surface area contributed by atoms with Crippen molar-refractivity contribution in [1.29, 1.82) is 0 Å². The molecule has 0 atom stereocenters. The van der Waals surface area contributed by atoms with E-state index < -0.39 is 5.60 Å². The van der Waals surface area contributed by atoms with Crippen LogP contribution < -0.4 is 0 Å². The Balaban J connectivity index is 1.61. The normalized spacial score (nSPS) is 19.3. The van der Waals surface area contributed by atoms with Crippen molar-refractivity contribution in [3.05, 3.63) is 33.8 Å². The molecule has 0 spiro atoms. The standard InChI is InChI=1S/C17H22BrNO2/c1-17(2,3)21-16(20)19-9-13(10-19)12-6-7-15(18)14(8-12)11-4-5-11/h6-8,11,13H,4-5,9-10H2,1-3H3. The zero-order valence-electron chi connectivity index (χ0n) is 12.9. The molecule has 114 valence electrons. The topological polar surface area (TPSA) is 29.5 Å². The highest BCUT2D eigenvalue weighted by atomic mass is 79.9. The van der Waals surface area contributed by atoms with E-state index in [1.54, 1.807) is 4.90 Å². The van der Waals surface area contributed by atoms with Gasteiger partial charge in [-0.3, -0.25) is 0 Å². The van der Waals surface area contributed by atoms with Gasteiger partial charge in [0.25, 0.3) is 0 Å². The second kappa shape index (κ2) is 5.31. The highest BCUT2D eigenvalue weighted by Gasteiger charge is 2.35. The number of carbonyl (C=O) groups excluding carboxylic acids is 1. The average molecular weight is 352 g/mol. The van der Waals surface area contributed by atoms with Crippen LogP contribution in [0.1, 0.15) is 56.6 Å². The van der Waals surface area contributed by atoms with Crippen LogP contribution in [0.3, 0.4) is 0 Å². The Morgan fingerprint density at radius 3 is 2.48 bits per heavy atom. The summed E-state index contributed by atoms with van der Waals surface area (Å²) in [4.78, 5) is 13.7. The largest absolute Gasteiger partial charge is 0.444 e. The van der Waals surface area contributed by atoms with E-state index in [9.17, 15) is 4.79 Å². The second-order valence-corrected chi connectivity index (χ2v) is 7.99. The number of amides is 1. The van der Waals surface area contributed by atoms with Crippen LogP contribution in [0.25, 0.3) is 0 Å². The molecule has 3 nitrogen and oxygen atoms in total. The minimum atomic E-state index is -0.418. The van der Waals surface area contributed by atoms with Crippen molar-refractivity contribution >= 4 is 22.0 Å². The van der Waals surface area contributed by atoms with Gasteiger partial charge in [-0.15, -0.1) is 0 Å². The van der Waals surface area contributed by atoms with E-state index in [1.165, 1.54) is 28.4 Å². The lowest BCUT2D eigenvalue weighted by atomic mass is 9.90. The summed E-state index contributed by atoms with van der Waals surface area (Å²) in [6, 6.07) is 6.64. The van der Waals surface area contributed by atoms with Crippen molar-refractivity contribution < 1.29 is 9.53 Å². The maximum atomic E-state index is 12.0. The zero-order chi connectivity index (χ0) is 15.2. The molecule has 0 unspecified atom stereocenters. The van der Waals surface area contributed by atoms with E-state index in [0.29, 0.717) is 5.92 Å². The van der Waals surface area contributed by atoms with Gasteiger partial charge in [0.05, 0.1) is 0 Å². The molecule has 1 saturated heterocycles. The molecule has 1 aliphatic heterocycles. The molecular weight excluding hydrogens is 330 g/mol. The molecule has 4 heteroatoms. The van der Waals surface area contributed by atoms with Gasteiger partial charge < -0.3 is 9.64 Å². The van der Waals surface area contributed by atoms with Gasteiger partial charge in [0.2, 0.25) is 0 Å². The van der Waals surface area contributed by atoms with E-state index in [-0.39, 0.29) is 6.09 Å². The zero-order valence-corrected chi connectivity index (χ0v) is 14.4. The molecule has 2 aliphatic rings. The first-order valence-electron chi connectivity index (χ1n) is 7.61. The summed E-state index contributed by atoms with van der Waals surface area (Å²) in [6.07, 6.45) is 2.41. The SMILES string of the molecule is CC(C)(C)OC(=O)N1CC(c2ccc(Br)c(C3CC3)c2)C1. The third kappa shape index (κ3) is 3.42. The Labute approximate surface area is 134 Å². The third-order valence-corrected chi connectivity index (χ3v) is 4.76. The Morgan fingerprint density at radius 2 is 1.90 bits per heavy atom. The van der Waals surface area contributed by atoms with Crippen molar-refractivity contribution in [2.75, 3.05) is 13.1 Å². The summed E-state index contributed by atoms with van der Waals surface area (Å²) in [5.74, 6) is 1.18. The number of rotatable bonds is 2. The summed E-state index contributed by atoms with van der Waals surface area (Å²) in [5.41, 5.74) is 2.36. The van der Waals surface area contributed by atoms with Crippen LogP contribution in [0, 0.1) is 0 Å². The van der Waals surface area contributed by atoms with Crippen LogP contribution in [-0.4, -0.2) is 29.7 Å². The Bertz CT molecular complexity index is 554. The van der Waals surface area contributed by atoms with Crippen LogP contribution in [-0.2, 0) is 4.74 Å². The van der Waals surface area contributed by atoms with Crippen LogP contribution >= 0.6 is 15.9 Å². The molecule has 0 radical (unpaired) electrons. The average Bonchev–Trinajstić information content (AvgIpc) is 3.10. The third-order valence-electron chi connectivity index (χ3n) is 4.04. The highest BCUT2D eigenvalue weighted by molar-refractivity contribution is 9.10. The minimum absolute atomic E-state index is 0.196. The molecule has 0 N–H and O–H groups in total. The molecule has 21 heavy (non-hydrogen) atoms. The molecule has 2 fully saturated rings. The number of hydrogen-bond donors (Lipinski definition) is 0. The highest BCUT2D eigenvalue weighted by Crippen LogP contribution is 2.44. The molecule has 1 heterocycles. The van der Waals surface area contributed by atoms with Gasteiger partial charge in [-0.05, 0) is 56.7 Å². The fourth-order valence-electron chi connectivity index (χ4n) is 2.69. The minimum Gasteiger partial charge on any atom is -0.444 e. The first-order valence-corrected chi connectivity index (χ1v) is 8.40. The summed E-state index contributed by atoms with van der Waals surface area (Å²) in [5, 5.41) is 0. The molecule has 0 bridgehead atoms. The smallest absolute Gasteiger partial charge is 0.410 e. The quantitative estimate of drug-likeness (QED) is 0.775. The number of benzene rings is 1. The van der Waals surface area contributed by atoms with Crippen molar-refractivity contribution in [3.63, 3.8) is 0 Å². The van der Waals surface area contributed by atoms with E-state index in [0.717, 1.165) is 19.0 Å². The van der Waals surface area contributed by atoms with Crippen LogP contribution in [0.4, 0.5) is 4.79 Å². The van der Waals surface area contributed by atoms with Crippen LogP contribution in [0.15, 0.2) is 22.7 Å². The number of nitrogens with zero attached hydrogens (tertiary/aromatic N) is 1. The van der Waals surface area contributed by atoms with Gasteiger partial charge in [-0.2, -0.15) is 0 Å². The van der Waals surface area contributed by atoms with Crippen molar-refractivity contribution in [2.24, 2.45) is 0 Å². The van der Waals surface area contributed by atoms with E-state index in [4.69, 9.17) is 4.74 Å². The monoisotopic (exact) mass is 351 g/mol.